The van der Waals surface area contributed by atoms with Crippen LogP contribution in [0.25, 0.3) is 0 Å². The van der Waals surface area contributed by atoms with Crippen molar-refractivity contribution in [1.29, 1.82) is 0 Å². The molecule has 3 rings (SSSR count). The molecule has 6 nitrogen and oxygen atoms in total. The second-order valence-corrected chi connectivity index (χ2v) is 7.42. The molecular weight excluding hydrogens is 381 g/mol. The van der Waals surface area contributed by atoms with Crippen LogP contribution >= 0.6 is 46.9 Å². The lowest BCUT2D eigenvalue weighted by Gasteiger charge is -2.19. The Morgan fingerprint density at radius 2 is 2.13 bits per heavy atom. The fourth-order valence-corrected chi connectivity index (χ4v) is 3.89. The average molecular weight is 397 g/mol. The number of aryl methyl sites for hydroxylation is 1. The van der Waals surface area contributed by atoms with Gasteiger partial charge in [-0.05, 0) is 32.0 Å². The van der Waals surface area contributed by atoms with Crippen molar-refractivity contribution >= 4 is 58.8 Å². The molecule has 0 atom stereocenters. The van der Waals surface area contributed by atoms with Crippen LogP contribution in [0, 0.1) is 0 Å². The molecule has 1 fully saturated rings. The molecule has 1 aliphatic rings. The van der Waals surface area contributed by atoms with Crippen LogP contribution in [0.15, 0.2) is 6.07 Å². The van der Waals surface area contributed by atoms with Crippen molar-refractivity contribution in [2.24, 2.45) is 7.05 Å². The van der Waals surface area contributed by atoms with Crippen LogP contribution in [0.2, 0.25) is 8.67 Å². The van der Waals surface area contributed by atoms with E-state index in [9.17, 15) is 4.79 Å². The van der Waals surface area contributed by atoms with E-state index in [1.807, 2.05) is 0 Å². The minimum atomic E-state index is -0.333. The first-order valence-corrected chi connectivity index (χ1v) is 8.49. The number of hydrogen-bond acceptors (Lipinski definition) is 5. The van der Waals surface area contributed by atoms with Gasteiger partial charge in [-0.15, -0.1) is 23.7 Å². The van der Waals surface area contributed by atoms with E-state index in [2.05, 4.69) is 20.7 Å². The highest BCUT2D eigenvalue weighted by Crippen LogP contribution is 2.31. The van der Waals surface area contributed by atoms with Gasteiger partial charge in [-0.3, -0.25) is 10.1 Å². The summed E-state index contributed by atoms with van der Waals surface area (Å²) in [4.78, 5) is 16.7. The summed E-state index contributed by atoms with van der Waals surface area (Å²) in [5.74, 6) is 1.18. The zero-order chi connectivity index (χ0) is 15.7. The van der Waals surface area contributed by atoms with Crippen molar-refractivity contribution in [3.63, 3.8) is 0 Å². The molecule has 23 heavy (non-hydrogen) atoms. The molecular formula is C13H16Cl3N5OS. The number of nitrogens with one attached hydrogen (secondary N) is 2. The largest absolute Gasteiger partial charge is 0.317 e. The molecule has 0 unspecified atom stereocenters. The van der Waals surface area contributed by atoms with Crippen LogP contribution < -0.4 is 10.6 Å². The van der Waals surface area contributed by atoms with E-state index in [-0.39, 0.29) is 18.3 Å². The Kier molecular flexibility index (Phi) is 6.27. The minimum Gasteiger partial charge on any atom is -0.317 e. The van der Waals surface area contributed by atoms with E-state index < -0.39 is 0 Å². The summed E-state index contributed by atoms with van der Waals surface area (Å²) in [6, 6.07) is 1.55. The standard InChI is InChI=1S/C13H15Cl2N5OS.ClH/c1-20-13(17-11(19-20)7-2-4-16-5-3-7)18-12(21)8-6-9(14)22-10(8)15;/h6-7,16H,2-5H2,1H3,(H,17,18,19,21);1H. The zero-order valence-electron chi connectivity index (χ0n) is 12.3. The summed E-state index contributed by atoms with van der Waals surface area (Å²) >= 11 is 13.0. The third-order valence-electron chi connectivity index (χ3n) is 3.61. The second kappa shape index (κ2) is 7.81. The molecule has 0 saturated carbocycles. The highest BCUT2D eigenvalue weighted by atomic mass is 35.5. The SMILES string of the molecule is Cl.Cn1nc(C2CCNCC2)nc1NC(=O)c1cc(Cl)sc1Cl. The summed E-state index contributed by atoms with van der Waals surface area (Å²) in [5, 5.41) is 10.5. The molecule has 0 aliphatic carbocycles. The molecule has 126 valence electrons. The quantitative estimate of drug-likeness (QED) is 0.835. The van der Waals surface area contributed by atoms with Gasteiger partial charge in [0.1, 0.15) is 4.34 Å². The van der Waals surface area contributed by atoms with Crippen LogP contribution in [0.4, 0.5) is 5.95 Å². The summed E-state index contributed by atoms with van der Waals surface area (Å²) in [7, 11) is 1.76. The number of rotatable bonds is 3. The lowest BCUT2D eigenvalue weighted by molar-refractivity contribution is 0.102. The lowest BCUT2D eigenvalue weighted by atomic mass is 9.98. The normalized spacial score (nSPS) is 15.3. The Bertz CT molecular complexity index is 696. The molecule has 0 spiro atoms. The highest BCUT2D eigenvalue weighted by Gasteiger charge is 2.22. The first-order chi connectivity index (χ1) is 10.5. The van der Waals surface area contributed by atoms with Crippen molar-refractivity contribution in [1.82, 2.24) is 20.1 Å². The van der Waals surface area contributed by atoms with Crippen LogP contribution in [0.3, 0.4) is 0 Å². The number of anilines is 1. The fourth-order valence-electron chi connectivity index (χ4n) is 2.43. The molecule has 1 amide bonds. The maximum atomic E-state index is 12.2. The molecule has 3 heterocycles. The Balaban J connectivity index is 0.00000192. The van der Waals surface area contributed by atoms with Crippen LogP contribution in [-0.2, 0) is 7.05 Å². The number of thiophene rings is 1. The first kappa shape index (κ1) is 18.5. The molecule has 0 aromatic carbocycles. The lowest BCUT2D eigenvalue weighted by Crippen LogP contribution is -2.27. The van der Waals surface area contributed by atoms with Gasteiger partial charge in [-0.2, -0.15) is 10.1 Å². The molecule has 1 aliphatic heterocycles. The fraction of sp³-hybridized carbons (Fsp3) is 0.462. The second-order valence-electron chi connectivity index (χ2n) is 5.13. The van der Waals surface area contributed by atoms with Gasteiger partial charge < -0.3 is 5.32 Å². The number of nitrogens with zero attached hydrogens (tertiary/aromatic N) is 3. The zero-order valence-corrected chi connectivity index (χ0v) is 15.5. The summed E-state index contributed by atoms with van der Waals surface area (Å²) in [6.45, 7) is 1.93. The Morgan fingerprint density at radius 3 is 2.74 bits per heavy atom. The Morgan fingerprint density at radius 1 is 1.43 bits per heavy atom. The van der Waals surface area contributed by atoms with E-state index in [0.29, 0.717) is 26.1 Å². The van der Waals surface area contributed by atoms with Crippen LogP contribution in [-0.4, -0.2) is 33.8 Å². The van der Waals surface area contributed by atoms with Crippen LogP contribution in [0.5, 0.6) is 0 Å². The number of halogens is 3. The molecule has 0 radical (unpaired) electrons. The van der Waals surface area contributed by atoms with Gasteiger partial charge in [0.05, 0.1) is 9.90 Å². The van der Waals surface area contributed by atoms with Gasteiger partial charge in [0.15, 0.2) is 5.82 Å². The van der Waals surface area contributed by atoms with Gasteiger partial charge in [-0.1, -0.05) is 23.2 Å². The summed E-state index contributed by atoms with van der Waals surface area (Å²) in [5.41, 5.74) is 0.350. The Hall–Kier alpha value is -0.860. The number of aromatic nitrogens is 3. The molecule has 2 N–H and O–H groups in total. The number of piperidine rings is 1. The predicted octanol–water partition coefficient (Wildman–Crippen LogP) is 3.32. The average Bonchev–Trinajstić information content (AvgIpc) is 3.03. The van der Waals surface area contributed by atoms with Crippen molar-refractivity contribution < 1.29 is 4.79 Å². The van der Waals surface area contributed by atoms with Crippen molar-refractivity contribution in [2.45, 2.75) is 18.8 Å². The summed E-state index contributed by atoms with van der Waals surface area (Å²) < 4.78 is 2.42. The van der Waals surface area contributed by atoms with E-state index in [0.717, 1.165) is 43.1 Å². The van der Waals surface area contributed by atoms with Crippen molar-refractivity contribution in [3.8, 4) is 0 Å². The van der Waals surface area contributed by atoms with E-state index in [4.69, 9.17) is 23.2 Å². The monoisotopic (exact) mass is 395 g/mol. The number of amides is 1. The third-order valence-corrected chi connectivity index (χ3v) is 5.10. The highest BCUT2D eigenvalue weighted by molar-refractivity contribution is 7.20. The Labute approximate surface area is 154 Å². The molecule has 10 heteroatoms. The predicted molar refractivity (Wildman–Crippen MR) is 95.4 cm³/mol. The number of carbonyl (C=O) groups excluding carboxylic acids is 1. The minimum absolute atomic E-state index is 0. The number of carbonyl (C=O) groups is 1. The van der Waals surface area contributed by atoms with E-state index in [1.165, 1.54) is 0 Å². The third kappa shape index (κ3) is 4.16. The number of hydrogen-bond donors (Lipinski definition) is 2. The van der Waals surface area contributed by atoms with Gasteiger partial charge in [-0.25, -0.2) is 4.68 Å². The van der Waals surface area contributed by atoms with Crippen molar-refractivity contribution in [3.05, 3.63) is 26.1 Å². The van der Waals surface area contributed by atoms with Crippen LogP contribution in [0.1, 0.15) is 34.9 Å². The molecule has 0 bridgehead atoms. The molecule has 2 aromatic heterocycles. The molecule has 1 saturated heterocycles. The van der Waals surface area contributed by atoms with Gasteiger partial charge in [0.25, 0.3) is 5.91 Å². The maximum absolute atomic E-state index is 12.2. The van der Waals surface area contributed by atoms with Gasteiger partial charge in [0, 0.05) is 13.0 Å². The smallest absolute Gasteiger partial charge is 0.260 e. The first-order valence-electron chi connectivity index (χ1n) is 6.92. The van der Waals surface area contributed by atoms with Crippen molar-refractivity contribution in [2.75, 3.05) is 18.4 Å². The summed E-state index contributed by atoms with van der Waals surface area (Å²) in [6.07, 6.45) is 2.01. The maximum Gasteiger partial charge on any atom is 0.260 e. The van der Waals surface area contributed by atoms with Gasteiger partial charge in [0.2, 0.25) is 5.95 Å². The van der Waals surface area contributed by atoms with E-state index >= 15 is 0 Å². The topological polar surface area (TPSA) is 71.8 Å². The van der Waals surface area contributed by atoms with Gasteiger partial charge >= 0.3 is 0 Å². The molecule has 2 aromatic rings. The van der Waals surface area contributed by atoms with E-state index in [1.54, 1.807) is 17.8 Å².